The lowest BCUT2D eigenvalue weighted by Gasteiger charge is -2.24. The van der Waals surface area contributed by atoms with Gasteiger partial charge in [0.05, 0.1) is 12.1 Å². The molecule has 2 atom stereocenters. The Morgan fingerprint density at radius 1 is 0.955 bits per heavy atom. The van der Waals surface area contributed by atoms with Crippen LogP contribution in [0.5, 0.6) is 0 Å². The third-order valence-electron chi connectivity index (χ3n) is 3.22. The van der Waals surface area contributed by atoms with Crippen molar-refractivity contribution < 1.29 is 14.3 Å². The summed E-state index contributed by atoms with van der Waals surface area (Å²) in [6.07, 6.45) is -0.796. The van der Waals surface area contributed by atoms with Gasteiger partial charge in [0.1, 0.15) is 6.04 Å². The monoisotopic (exact) mass is 306 g/mol. The van der Waals surface area contributed by atoms with E-state index in [4.69, 9.17) is 4.74 Å². The molecule has 1 aromatic rings. The Labute approximate surface area is 132 Å². The second-order valence-corrected chi connectivity index (χ2v) is 5.96. The zero-order valence-corrected chi connectivity index (χ0v) is 13.9. The minimum atomic E-state index is -0.627. The molecule has 0 saturated carbocycles. The summed E-state index contributed by atoms with van der Waals surface area (Å²) in [6, 6.07) is 8.94. The fourth-order valence-corrected chi connectivity index (χ4v) is 2.04. The number of benzene rings is 1. The maximum atomic E-state index is 12.4. The third kappa shape index (κ3) is 5.76. The molecular weight excluding hydrogens is 280 g/mol. The first-order chi connectivity index (χ1) is 10.3. The van der Waals surface area contributed by atoms with E-state index in [-0.39, 0.29) is 24.0 Å². The summed E-state index contributed by atoms with van der Waals surface area (Å²) >= 11 is 0. The number of ether oxygens (including phenoxy) is 1. The van der Waals surface area contributed by atoms with Crippen molar-refractivity contribution in [1.29, 1.82) is 0 Å². The molecule has 0 bridgehead atoms. The molecule has 0 aliphatic carbocycles. The Morgan fingerprint density at radius 3 is 2.05 bits per heavy atom. The maximum Gasteiger partial charge on any atom is 0.408 e. The Bertz CT molecular complexity index is 486. The first-order valence-corrected chi connectivity index (χ1v) is 7.63. The number of amides is 2. The molecule has 122 valence electrons. The van der Waals surface area contributed by atoms with Gasteiger partial charge < -0.3 is 15.4 Å². The van der Waals surface area contributed by atoms with Crippen LogP contribution in [0.4, 0.5) is 4.79 Å². The van der Waals surface area contributed by atoms with Crippen molar-refractivity contribution in [1.82, 2.24) is 10.6 Å². The summed E-state index contributed by atoms with van der Waals surface area (Å²) in [7, 11) is 0. The summed E-state index contributed by atoms with van der Waals surface area (Å²) in [5.74, 6) is -0.255. The molecule has 2 amide bonds. The fraction of sp³-hybridized carbons (Fsp3) is 0.529. The largest absolute Gasteiger partial charge is 0.447 e. The van der Waals surface area contributed by atoms with E-state index in [9.17, 15) is 9.59 Å². The van der Waals surface area contributed by atoms with E-state index in [1.54, 1.807) is 13.8 Å². The highest BCUT2D eigenvalue weighted by atomic mass is 16.6. The standard InChI is InChI=1S/C17H26N2O3/c1-11(2)15(19-17(21)22-12(3)4)16(20)18-13(5)14-9-7-6-8-10-14/h6-13,15H,1-5H3,(H,18,20)(H,19,21). The van der Waals surface area contributed by atoms with Crippen molar-refractivity contribution in [2.24, 2.45) is 5.92 Å². The van der Waals surface area contributed by atoms with Crippen molar-refractivity contribution in [2.75, 3.05) is 0 Å². The average molecular weight is 306 g/mol. The van der Waals surface area contributed by atoms with Gasteiger partial charge in [0.15, 0.2) is 0 Å². The smallest absolute Gasteiger partial charge is 0.408 e. The lowest BCUT2D eigenvalue weighted by molar-refractivity contribution is -0.124. The normalized spacial score (nSPS) is 13.6. The number of hydrogen-bond acceptors (Lipinski definition) is 3. The Morgan fingerprint density at radius 2 is 1.55 bits per heavy atom. The molecule has 2 N–H and O–H groups in total. The molecule has 0 spiro atoms. The number of alkyl carbamates (subject to hydrolysis) is 1. The molecule has 0 saturated heterocycles. The highest BCUT2D eigenvalue weighted by Crippen LogP contribution is 2.12. The van der Waals surface area contributed by atoms with Gasteiger partial charge in [-0.3, -0.25) is 4.79 Å². The van der Waals surface area contributed by atoms with Gasteiger partial charge in [0.2, 0.25) is 5.91 Å². The molecule has 5 heteroatoms. The highest BCUT2D eigenvalue weighted by molar-refractivity contribution is 5.86. The van der Waals surface area contributed by atoms with Crippen LogP contribution in [0.2, 0.25) is 0 Å². The second-order valence-electron chi connectivity index (χ2n) is 5.96. The van der Waals surface area contributed by atoms with E-state index in [2.05, 4.69) is 10.6 Å². The van der Waals surface area contributed by atoms with Crippen LogP contribution in [-0.4, -0.2) is 24.1 Å². The predicted molar refractivity (Wildman–Crippen MR) is 86.4 cm³/mol. The zero-order chi connectivity index (χ0) is 16.7. The molecule has 0 heterocycles. The quantitative estimate of drug-likeness (QED) is 0.849. The van der Waals surface area contributed by atoms with E-state index >= 15 is 0 Å². The van der Waals surface area contributed by atoms with Gasteiger partial charge in [-0.25, -0.2) is 4.79 Å². The van der Waals surface area contributed by atoms with E-state index in [0.29, 0.717) is 0 Å². The summed E-state index contributed by atoms with van der Waals surface area (Å²) < 4.78 is 5.04. The van der Waals surface area contributed by atoms with Gasteiger partial charge in [-0.15, -0.1) is 0 Å². The summed E-state index contributed by atoms with van der Waals surface area (Å²) in [6.45, 7) is 9.21. The minimum Gasteiger partial charge on any atom is -0.447 e. The molecule has 0 aromatic heterocycles. The lowest BCUT2D eigenvalue weighted by atomic mass is 10.0. The molecule has 1 aromatic carbocycles. The molecule has 0 fully saturated rings. The molecule has 5 nitrogen and oxygen atoms in total. The van der Waals surface area contributed by atoms with Crippen LogP contribution in [-0.2, 0) is 9.53 Å². The zero-order valence-electron chi connectivity index (χ0n) is 13.9. The number of hydrogen-bond donors (Lipinski definition) is 2. The van der Waals surface area contributed by atoms with E-state index in [1.807, 2.05) is 51.1 Å². The highest BCUT2D eigenvalue weighted by Gasteiger charge is 2.26. The van der Waals surface area contributed by atoms with Crippen molar-refractivity contribution >= 4 is 12.0 Å². The van der Waals surface area contributed by atoms with Crippen LogP contribution in [0, 0.1) is 5.92 Å². The van der Waals surface area contributed by atoms with E-state index in [0.717, 1.165) is 5.56 Å². The number of nitrogens with one attached hydrogen (secondary N) is 2. The van der Waals surface area contributed by atoms with Gasteiger partial charge >= 0.3 is 6.09 Å². The summed E-state index contributed by atoms with van der Waals surface area (Å²) in [5.41, 5.74) is 1.02. The van der Waals surface area contributed by atoms with Crippen LogP contribution in [0.15, 0.2) is 30.3 Å². The number of rotatable bonds is 6. The Hall–Kier alpha value is -2.04. The Balaban J connectivity index is 2.67. The SMILES string of the molecule is CC(C)OC(=O)NC(C(=O)NC(C)c1ccccc1)C(C)C. The maximum absolute atomic E-state index is 12.4. The van der Waals surface area contributed by atoms with Crippen molar-refractivity contribution in [3.8, 4) is 0 Å². The molecule has 0 aliphatic heterocycles. The van der Waals surface area contributed by atoms with Crippen LogP contribution >= 0.6 is 0 Å². The molecule has 0 aliphatic rings. The topological polar surface area (TPSA) is 67.4 Å². The van der Waals surface area contributed by atoms with Crippen molar-refractivity contribution in [2.45, 2.75) is 52.8 Å². The predicted octanol–water partition coefficient (Wildman–Crippen LogP) is 3.02. The first kappa shape index (κ1) is 18.0. The van der Waals surface area contributed by atoms with Gasteiger partial charge in [-0.1, -0.05) is 44.2 Å². The minimum absolute atomic E-state index is 0.0392. The molecule has 1 rings (SSSR count). The summed E-state index contributed by atoms with van der Waals surface area (Å²) in [5, 5.41) is 5.56. The van der Waals surface area contributed by atoms with E-state index in [1.165, 1.54) is 0 Å². The average Bonchev–Trinajstić information content (AvgIpc) is 2.44. The summed E-state index contributed by atoms with van der Waals surface area (Å²) in [4.78, 5) is 24.1. The van der Waals surface area contributed by atoms with Crippen LogP contribution in [0.1, 0.15) is 46.2 Å². The third-order valence-corrected chi connectivity index (χ3v) is 3.22. The second kappa shape index (κ2) is 8.41. The number of carbonyl (C=O) groups excluding carboxylic acids is 2. The Kier molecular flexibility index (Phi) is 6.89. The first-order valence-electron chi connectivity index (χ1n) is 7.63. The van der Waals surface area contributed by atoms with Gasteiger partial charge in [0, 0.05) is 0 Å². The molecular formula is C17H26N2O3. The van der Waals surface area contributed by atoms with E-state index < -0.39 is 12.1 Å². The fourth-order valence-electron chi connectivity index (χ4n) is 2.04. The van der Waals surface area contributed by atoms with Gasteiger partial charge in [-0.2, -0.15) is 0 Å². The lowest BCUT2D eigenvalue weighted by Crippen LogP contribution is -2.50. The van der Waals surface area contributed by atoms with Crippen molar-refractivity contribution in [3.63, 3.8) is 0 Å². The van der Waals surface area contributed by atoms with Crippen molar-refractivity contribution in [3.05, 3.63) is 35.9 Å². The van der Waals surface area contributed by atoms with Gasteiger partial charge in [0.25, 0.3) is 0 Å². The molecule has 22 heavy (non-hydrogen) atoms. The van der Waals surface area contributed by atoms with Crippen LogP contribution in [0.25, 0.3) is 0 Å². The van der Waals surface area contributed by atoms with Crippen LogP contribution in [0.3, 0.4) is 0 Å². The van der Waals surface area contributed by atoms with Gasteiger partial charge in [-0.05, 0) is 32.3 Å². The van der Waals surface area contributed by atoms with Crippen LogP contribution < -0.4 is 10.6 Å². The molecule has 2 unspecified atom stereocenters. The molecule has 0 radical (unpaired) electrons. The number of carbonyl (C=O) groups is 2.